The van der Waals surface area contributed by atoms with Crippen LogP contribution in [-0.2, 0) is 0 Å². The van der Waals surface area contributed by atoms with Crippen LogP contribution in [0, 0.1) is 13.8 Å². The molecule has 0 saturated heterocycles. The third-order valence-electron chi connectivity index (χ3n) is 3.09. The van der Waals surface area contributed by atoms with Crippen molar-refractivity contribution >= 4 is 11.6 Å². The number of rotatable bonds is 3. The van der Waals surface area contributed by atoms with Crippen molar-refractivity contribution in [3.63, 3.8) is 0 Å². The van der Waals surface area contributed by atoms with Crippen molar-refractivity contribution in [2.45, 2.75) is 13.8 Å². The van der Waals surface area contributed by atoms with E-state index in [1.165, 1.54) is 4.90 Å². The standard InChI is InChI=1S/C17H20N2O2/c1-11-7-12(2)9-14(8-11)21-16-10-13(5-6-15(16)18)17(20)19(3)4/h5-10H,18H2,1-4H3. The Kier molecular flexibility index (Phi) is 4.17. The molecule has 0 fully saturated rings. The Morgan fingerprint density at radius 1 is 1.05 bits per heavy atom. The van der Waals surface area contributed by atoms with Crippen LogP contribution in [-0.4, -0.2) is 24.9 Å². The summed E-state index contributed by atoms with van der Waals surface area (Å²) in [5, 5.41) is 0. The minimum absolute atomic E-state index is 0.0831. The molecule has 0 heterocycles. The highest BCUT2D eigenvalue weighted by atomic mass is 16.5. The average molecular weight is 284 g/mol. The number of anilines is 1. The lowest BCUT2D eigenvalue weighted by molar-refractivity contribution is 0.0827. The molecule has 0 aromatic heterocycles. The number of nitrogens with two attached hydrogens (primary N) is 1. The van der Waals surface area contributed by atoms with Gasteiger partial charge in [0.2, 0.25) is 0 Å². The molecule has 2 rings (SSSR count). The first-order valence-electron chi connectivity index (χ1n) is 6.74. The summed E-state index contributed by atoms with van der Waals surface area (Å²) in [5.74, 6) is 1.13. The first kappa shape index (κ1) is 14.9. The molecule has 0 radical (unpaired) electrons. The topological polar surface area (TPSA) is 55.6 Å². The molecule has 0 spiro atoms. The van der Waals surface area contributed by atoms with Gasteiger partial charge in [0.05, 0.1) is 5.69 Å². The van der Waals surface area contributed by atoms with Crippen molar-refractivity contribution in [1.29, 1.82) is 0 Å². The first-order valence-corrected chi connectivity index (χ1v) is 6.74. The minimum Gasteiger partial charge on any atom is -0.455 e. The average Bonchev–Trinajstić information content (AvgIpc) is 2.39. The lowest BCUT2D eigenvalue weighted by Gasteiger charge is -2.14. The smallest absolute Gasteiger partial charge is 0.253 e. The highest BCUT2D eigenvalue weighted by molar-refractivity contribution is 5.94. The Hall–Kier alpha value is -2.49. The van der Waals surface area contributed by atoms with Gasteiger partial charge in [-0.05, 0) is 55.3 Å². The largest absolute Gasteiger partial charge is 0.455 e. The van der Waals surface area contributed by atoms with Gasteiger partial charge in [-0.2, -0.15) is 0 Å². The van der Waals surface area contributed by atoms with Gasteiger partial charge in [0, 0.05) is 19.7 Å². The molecule has 2 N–H and O–H groups in total. The normalized spacial score (nSPS) is 10.3. The molecule has 0 saturated carbocycles. The predicted molar refractivity (Wildman–Crippen MR) is 84.9 cm³/mol. The summed E-state index contributed by atoms with van der Waals surface area (Å²) < 4.78 is 5.85. The van der Waals surface area contributed by atoms with E-state index in [9.17, 15) is 4.79 Å². The van der Waals surface area contributed by atoms with Crippen molar-refractivity contribution in [3.8, 4) is 11.5 Å². The van der Waals surface area contributed by atoms with Crippen molar-refractivity contribution in [2.24, 2.45) is 0 Å². The summed E-state index contributed by atoms with van der Waals surface area (Å²) >= 11 is 0. The number of carbonyl (C=O) groups is 1. The number of aryl methyl sites for hydroxylation is 2. The maximum Gasteiger partial charge on any atom is 0.253 e. The van der Waals surface area contributed by atoms with E-state index in [0.29, 0.717) is 22.7 Å². The van der Waals surface area contributed by atoms with Crippen LogP contribution in [0.2, 0.25) is 0 Å². The second-order valence-electron chi connectivity index (χ2n) is 5.38. The van der Waals surface area contributed by atoms with Gasteiger partial charge in [0.1, 0.15) is 5.75 Å². The number of hydrogen-bond donors (Lipinski definition) is 1. The van der Waals surface area contributed by atoms with Gasteiger partial charge in [0.25, 0.3) is 5.91 Å². The summed E-state index contributed by atoms with van der Waals surface area (Å²) in [6, 6.07) is 11.0. The zero-order valence-electron chi connectivity index (χ0n) is 12.8. The van der Waals surface area contributed by atoms with Crippen molar-refractivity contribution in [3.05, 3.63) is 53.1 Å². The van der Waals surface area contributed by atoms with Gasteiger partial charge in [-0.1, -0.05) is 6.07 Å². The van der Waals surface area contributed by atoms with Gasteiger partial charge in [-0.15, -0.1) is 0 Å². The van der Waals surface area contributed by atoms with Crippen LogP contribution in [0.5, 0.6) is 11.5 Å². The summed E-state index contributed by atoms with van der Waals surface area (Å²) in [5.41, 5.74) is 9.22. The van der Waals surface area contributed by atoms with E-state index in [4.69, 9.17) is 10.5 Å². The van der Waals surface area contributed by atoms with Crippen LogP contribution in [0.1, 0.15) is 21.5 Å². The Bertz CT molecular complexity index is 658. The zero-order chi connectivity index (χ0) is 15.6. The third-order valence-corrected chi connectivity index (χ3v) is 3.09. The molecule has 21 heavy (non-hydrogen) atoms. The lowest BCUT2D eigenvalue weighted by atomic mass is 10.1. The molecule has 4 heteroatoms. The molecule has 2 aromatic carbocycles. The van der Waals surface area contributed by atoms with Crippen molar-refractivity contribution < 1.29 is 9.53 Å². The second kappa shape index (κ2) is 5.87. The summed E-state index contributed by atoms with van der Waals surface area (Å²) in [6.45, 7) is 4.02. The van der Waals surface area contributed by atoms with Crippen LogP contribution >= 0.6 is 0 Å². The lowest BCUT2D eigenvalue weighted by Crippen LogP contribution is -2.21. The Balaban J connectivity index is 2.35. The van der Waals surface area contributed by atoms with Gasteiger partial charge in [-0.3, -0.25) is 4.79 Å². The molecule has 2 aromatic rings. The van der Waals surface area contributed by atoms with Gasteiger partial charge >= 0.3 is 0 Å². The zero-order valence-corrected chi connectivity index (χ0v) is 12.8. The minimum atomic E-state index is -0.0831. The SMILES string of the molecule is Cc1cc(C)cc(Oc2cc(C(=O)N(C)C)ccc2N)c1. The molecule has 4 nitrogen and oxygen atoms in total. The fourth-order valence-corrected chi connectivity index (χ4v) is 2.13. The Labute approximate surface area is 125 Å². The van der Waals surface area contributed by atoms with Crippen molar-refractivity contribution in [2.75, 3.05) is 19.8 Å². The van der Waals surface area contributed by atoms with Gasteiger partial charge in [0.15, 0.2) is 5.75 Å². The molecule has 0 bridgehead atoms. The second-order valence-corrected chi connectivity index (χ2v) is 5.38. The van der Waals surface area contributed by atoms with Crippen molar-refractivity contribution in [1.82, 2.24) is 4.90 Å². The number of ether oxygens (including phenoxy) is 1. The van der Waals surface area contributed by atoms with Crippen LogP contribution in [0.3, 0.4) is 0 Å². The van der Waals surface area contributed by atoms with Gasteiger partial charge in [-0.25, -0.2) is 0 Å². The number of nitrogens with zero attached hydrogens (tertiary/aromatic N) is 1. The number of hydrogen-bond acceptors (Lipinski definition) is 3. The van der Waals surface area contributed by atoms with E-state index in [1.54, 1.807) is 32.3 Å². The number of nitrogen functional groups attached to an aromatic ring is 1. The molecule has 0 aliphatic carbocycles. The molecule has 1 amide bonds. The molecular formula is C17H20N2O2. The molecule has 0 atom stereocenters. The fraction of sp³-hybridized carbons (Fsp3) is 0.235. The fourth-order valence-electron chi connectivity index (χ4n) is 2.13. The van der Waals surface area contributed by atoms with E-state index in [2.05, 4.69) is 6.07 Å². The molecule has 0 aliphatic rings. The maximum atomic E-state index is 12.0. The quantitative estimate of drug-likeness (QED) is 0.879. The van der Waals surface area contributed by atoms with E-state index in [0.717, 1.165) is 11.1 Å². The monoisotopic (exact) mass is 284 g/mol. The molecule has 0 aliphatic heterocycles. The number of benzene rings is 2. The summed E-state index contributed by atoms with van der Waals surface area (Å²) in [6.07, 6.45) is 0. The highest BCUT2D eigenvalue weighted by Gasteiger charge is 2.11. The van der Waals surface area contributed by atoms with E-state index in [-0.39, 0.29) is 5.91 Å². The Morgan fingerprint density at radius 2 is 1.67 bits per heavy atom. The first-order chi connectivity index (χ1) is 9.86. The van der Waals surface area contributed by atoms with Crippen LogP contribution in [0.25, 0.3) is 0 Å². The van der Waals surface area contributed by atoms with Crippen LogP contribution in [0.15, 0.2) is 36.4 Å². The number of carbonyl (C=O) groups excluding carboxylic acids is 1. The van der Waals surface area contributed by atoms with E-state index < -0.39 is 0 Å². The summed E-state index contributed by atoms with van der Waals surface area (Å²) in [7, 11) is 3.42. The van der Waals surface area contributed by atoms with E-state index >= 15 is 0 Å². The van der Waals surface area contributed by atoms with Crippen LogP contribution in [0.4, 0.5) is 5.69 Å². The maximum absolute atomic E-state index is 12.0. The molecular weight excluding hydrogens is 264 g/mol. The van der Waals surface area contributed by atoms with Gasteiger partial charge < -0.3 is 15.4 Å². The Morgan fingerprint density at radius 3 is 2.24 bits per heavy atom. The summed E-state index contributed by atoms with van der Waals surface area (Å²) in [4.78, 5) is 13.5. The number of amides is 1. The van der Waals surface area contributed by atoms with Crippen LogP contribution < -0.4 is 10.5 Å². The highest BCUT2D eigenvalue weighted by Crippen LogP contribution is 2.30. The third kappa shape index (κ3) is 3.54. The molecule has 0 unspecified atom stereocenters. The predicted octanol–water partition coefficient (Wildman–Crippen LogP) is 3.38. The molecule has 110 valence electrons. The van der Waals surface area contributed by atoms with E-state index in [1.807, 2.05) is 26.0 Å².